The molecule has 5 heteroatoms. The van der Waals surface area contributed by atoms with Crippen LogP contribution in [0.5, 0.6) is 0 Å². The number of aliphatic carboxylic acids is 1. The molecular formula is C14H20N2O3. The molecule has 0 fully saturated rings. The highest BCUT2D eigenvalue weighted by atomic mass is 16.4. The SMILES string of the molecule is CCC(C)(NC(=O)C(CN)c1ccccc1)C(=O)O. The van der Waals surface area contributed by atoms with Crippen LogP contribution in [0, 0.1) is 0 Å². The van der Waals surface area contributed by atoms with Gasteiger partial charge in [0.2, 0.25) is 5.91 Å². The van der Waals surface area contributed by atoms with Crippen molar-refractivity contribution in [1.29, 1.82) is 0 Å². The average molecular weight is 264 g/mol. The summed E-state index contributed by atoms with van der Waals surface area (Å²) >= 11 is 0. The van der Waals surface area contributed by atoms with Gasteiger partial charge in [-0.15, -0.1) is 0 Å². The first-order chi connectivity index (χ1) is 8.94. The van der Waals surface area contributed by atoms with Gasteiger partial charge in [-0.3, -0.25) is 4.79 Å². The molecule has 1 aromatic carbocycles. The van der Waals surface area contributed by atoms with Gasteiger partial charge in [0.25, 0.3) is 0 Å². The van der Waals surface area contributed by atoms with Gasteiger partial charge in [0.05, 0.1) is 5.92 Å². The highest BCUT2D eigenvalue weighted by Gasteiger charge is 2.34. The molecule has 4 N–H and O–H groups in total. The lowest BCUT2D eigenvalue weighted by atomic mass is 9.94. The van der Waals surface area contributed by atoms with Crippen LogP contribution >= 0.6 is 0 Å². The fourth-order valence-corrected chi connectivity index (χ4v) is 1.73. The summed E-state index contributed by atoms with van der Waals surface area (Å²) in [5, 5.41) is 11.7. The summed E-state index contributed by atoms with van der Waals surface area (Å²) in [6.45, 7) is 3.34. The summed E-state index contributed by atoms with van der Waals surface area (Å²) in [5.74, 6) is -1.95. The van der Waals surface area contributed by atoms with Crippen LogP contribution in [-0.4, -0.2) is 29.1 Å². The maximum atomic E-state index is 12.2. The van der Waals surface area contributed by atoms with E-state index in [0.717, 1.165) is 5.56 Å². The Morgan fingerprint density at radius 1 is 1.37 bits per heavy atom. The molecule has 0 radical (unpaired) electrons. The predicted molar refractivity (Wildman–Crippen MR) is 72.7 cm³/mol. The molecule has 19 heavy (non-hydrogen) atoms. The summed E-state index contributed by atoms with van der Waals surface area (Å²) in [6, 6.07) is 9.10. The number of benzene rings is 1. The second-order valence-electron chi connectivity index (χ2n) is 4.68. The van der Waals surface area contributed by atoms with Gasteiger partial charge in [0, 0.05) is 6.54 Å². The predicted octanol–water partition coefficient (Wildman–Crippen LogP) is 1.10. The van der Waals surface area contributed by atoms with E-state index >= 15 is 0 Å². The number of hydrogen-bond acceptors (Lipinski definition) is 3. The van der Waals surface area contributed by atoms with E-state index in [1.54, 1.807) is 19.1 Å². The van der Waals surface area contributed by atoms with Crippen molar-refractivity contribution < 1.29 is 14.7 Å². The van der Waals surface area contributed by atoms with Gasteiger partial charge in [0.1, 0.15) is 5.54 Å². The normalized spacial score (nSPS) is 15.3. The van der Waals surface area contributed by atoms with E-state index in [1.807, 2.05) is 18.2 Å². The Labute approximate surface area is 112 Å². The molecule has 0 bridgehead atoms. The molecule has 0 saturated heterocycles. The summed E-state index contributed by atoms with van der Waals surface area (Å²) < 4.78 is 0. The number of hydrogen-bond donors (Lipinski definition) is 3. The lowest BCUT2D eigenvalue weighted by molar-refractivity contribution is -0.147. The van der Waals surface area contributed by atoms with E-state index in [1.165, 1.54) is 6.92 Å². The van der Waals surface area contributed by atoms with Gasteiger partial charge in [0.15, 0.2) is 0 Å². The third-order valence-corrected chi connectivity index (χ3v) is 3.33. The Balaban J connectivity index is 2.89. The van der Waals surface area contributed by atoms with Crippen molar-refractivity contribution in [3.63, 3.8) is 0 Å². The highest BCUT2D eigenvalue weighted by Crippen LogP contribution is 2.17. The molecule has 0 aliphatic rings. The molecule has 0 aliphatic heterocycles. The standard InChI is InChI=1S/C14H20N2O3/c1-3-14(2,13(18)19)16-12(17)11(9-15)10-7-5-4-6-8-10/h4-8,11H,3,9,15H2,1-2H3,(H,16,17)(H,18,19). The quantitative estimate of drug-likeness (QED) is 0.717. The van der Waals surface area contributed by atoms with E-state index in [-0.39, 0.29) is 12.5 Å². The van der Waals surface area contributed by atoms with Gasteiger partial charge in [-0.25, -0.2) is 4.79 Å². The summed E-state index contributed by atoms with van der Waals surface area (Å²) in [6.07, 6.45) is 0.306. The van der Waals surface area contributed by atoms with Gasteiger partial charge >= 0.3 is 5.97 Å². The molecule has 0 aliphatic carbocycles. The fraction of sp³-hybridized carbons (Fsp3) is 0.429. The zero-order valence-electron chi connectivity index (χ0n) is 11.2. The Morgan fingerprint density at radius 3 is 2.37 bits per heavy atom. The summed E-state index contributed by atoms with van der Waals surface area (Å²) in [5.41, 5.74) is 5.15. The molecule has 104 valence electrons. The summed E-state index contributed by atoms with van der Waals surface area (Å²) in [7, 11) is 0. The number of rotatable bonds is 6. The summed E-state index contributed by atoms with van der Waals surface area (Å²) in [4.78, 5) is 23.4. The smallest absolute Gasteiger partial charge is 0.329 e. The van der Waals surface area contributed by atoms with Crippen molar-refractivity contribution in [1.82, 2.24) is 5.32 Å². The topological polar surface area (TPSA) is 92.4 Å². The van der Waals surface area contributed by atoms with Gasteiger partial charge in [-0.05, 0) is 18.9 Å². The van der Waals surface area contributed by atoms with Crippen molar-refractivity contribution in [2.24, 2.45) is 5.73 Å². The molecule has 1 aromatic rings. The third-order valence-electron chi connectivity index (χ3n) is 3.33. The van der Waals surface area contributed by atoms with Crippen molar-refractivity contribution in [2.75, 3.05) is 6.54 Å². The first-order valence-corrected chi connectivity index (χ1v) is 6.25. The Hall–Kier alpha value is -1.88. The average Bonchev–Trinajstić information content (AvgIpc) is 2.40. The third kappa shape index (κ3) is 3.54. The number of nitrogens with two attached hydrogens (primary N) is 1. The lowest BCUT2D eigenvalue weighted by Gasteiger charge is -2.27. The highest BCUT2D eigenvalue weighted by molar-refractivity contribution is 5.90. The zero-order valence-corrected chi connectivity index (χ0v) is 11.2. The van der Waals surface area contributed by atoms with E-state index in [0.29, 0.717) is 6.42 Å². The molecule has 2 unspecified atom stereocenters. The van der Waals surface area contributed by atoms with Crippen LogP contribution in [0.15, 0.2) is 30.3 Å². The number of carboxylic acids is 1. The zero-order chi connectivity index (χ0) is 14.5. The first-order valence-electron chi connectivity index (χ1n) is 6.25. The van der Waals surface area contributed by atoms with Crippen LogP contribution in [0.4, 0.5) is 0 Å². The largest absolute Gasteiger partial charge is 0.480 e. The minimum Gasteiger partial charge on any atom is -0.480 e. The van der Waals surface area contributed by atoms with Crippen LogP contribution in [0.3, 0.4) is 0 Å². The molecule has 0 spiro atoms. The molecule has 0 aromatic heterocycles. The van der Waals surface area contributed by atoms with Gasteiger partial charge in [-0.1, -0.05) is 37.3 Å². The van der Waals surface area contributed by atoms with Gasteiger partial charge < -0.3 is 16.2 Å². The van der Waals surface area contributed by atoms with Gasteiger partial charge in [-0.2, -0.15) is 0 Å². The Morgan fingerprint density at radius 2 is 1.95 bits per heavy atom. The maximum Gasteiger partial charge on any atom is 0.329 e. The number of carbonyl (C=O) groups excluding carboxylic acids is 1. The molecule has 1 amide bonds. The van der Waals surface area contributed by atoms with Crippen LogP contribution in [-0.2, 0) is 9.59 Å². The van der Waals surface area contributed by atoms with E-state index < -0.39 is 17.4 Å². The second-order valence-corrected chi connectivity index (χ2v) is 4.68. The molecule has 0 heterocycles. The minimum absolute atomic E-state index is 0.134. The molecule has 2 atom stereocenters. The van der Waals surface area contributed by atoms with E-state index in [2.05, 4.69) is 5.32 Å². The minimum atomic E-state index is -1.26. The number of nitrogens with one attached hydrogen (secondary N) is 1. The first kappa shape index (κ1) is 15.2. The van der Waals surface area contributed by atoms with E-state index in [9.17, 15) is 9.59 Å². The molecule has 1 rings (SSSR count). The van der Waals surface area contributed by atoms with Crippen LogP contribution in [0.1, 0.15) is 31.7 Å². The van der Waals surface area contributed by atoms with Crippen molar-refractivity contribution in [2.45, 2.75) is 31.7 Å². The molecule has 0 saturated carbocycles. The number of carboxylic acid groups (broad SMARTS) is 1. The fourth-order valence-electron chi connectivity index (χ4n) is 1.73. The molecular weight excluding hydrogens is 244 g/mol. The number of amides is 1. The van der Waals surface area contributed by atoms with Crippen molar-refractivity contribution >= 4 is 11.9 Å². The van der Waals surface area contributed by atoms with Crippen molar-refractivity contribution in [3.05, 3.63) is 35.9 Å². The number of carbonyl (C=O) groups is 2. The second kappa shape index (κ2) is 6.33. The van der Waals surface area contributed by atoms with Crippen LogP contribution < -0.4 is 11.1 Å². The Bertz CT molecular complexity index is 447. The van der Waals surface area contributed by atoms with Crippen molar-refractivity contribution in [3.8, 4) is 0 Å². The van der Waals surface area contributed by atoms with E-state index in [4.69, 9.17) is 10.8 Å². The van der Waals surface area contributed by atoms with Crippen LogP contribution in [0.2, 0.25) is 0 Å². The lowest BCUT2D eigenvalue weighted by Crippen LogP contribution is -2.53. The maximum absolute atomic E-state index is 12.2. The Kier molecular flexibility index (Phi) is 5.06. The molecule has 5 nitrogen and oxygen atoms in total. The monoisotopic (exact) mass is 264 g/mol. The van der Waals surface area contributed by atoms with Crippen LogP contribution in [0.25, 0.3) is 0 Å².